The molecule has 114 valence electrons. The molecule has 1 atom stereocenters. The average molecular weight is 311 g/mol. The Kier molecular flexibility index (Phi) is 5.59. The normalized spacial score (nSPS) is 18.6. The van der Waals surface area contributed by atoms with Crippen molar-refractivity contribution in [2.75, 3.05) is 19.6 Å². The van der Waals surface area contributed by atoms with Crippen LogP contribution in [0.2, 0.25) is 5.02 Å². The van der Waals surface area contributed by atoms with Crippen molar-refractivity contribution in [3.05, 3.63) is 34.9 Å². The van der Waals surface area contributed by atoms with Crippen LogP contribution in [0.5, 0.6) is 0 Å². The van der Waals surface area contributed by atoms with Crippen molar-refractivity contribution in [1.82, 2.24) is 10.2 Å². The highest BCUT2D eigenvalue weighted by Gasteiger charge is 2.27. The van der Waals surface area contributed by atoms with Crippen LogP contribution in [-0.4, -0.2) is 41.5 Å². The molecule has 0 bridgehead atoms. The molecule has 1 unspecified atom stereocenters. The predicted octanol–water partition coefficient (Wildman–Crippen LogP) is 1.75. The summed E-state index contributed by atoms with van der Waals surface area (Å²) in [6.45, 7) is 2.29. The van der Waals surface area contributed by atoms with Crippen molar-refractivity contribution in [1.29, 1.82) is 0 Å². The molecule has 0 saturated carbocycles. The van der Waals surface area contributed by atoms with Crippen molar-refractivity contribution in [2.45, 2.75) is 19.4 Å². The number of hydrogen-bond acceptors (Lipinski definition) is 3. The summed E-state index contributed by atoms with van der Waals surface area (Å²) in [6.07, 6.45) is 1.04. The third-order valence-corrected chi connectivity index (χ3v) is 4.08. The number of nitrogens with one attached hydrogen (secondary N) is 1. The number of benzene rings is 1. The Hall–Kier alpha value is -1.59. The average Bonchev–Trinajstić information content (AvgIpc) is 2.93. The molecule has 1 saturated heterocycles. The molecule has 1 aliphatic rings. The molecular weight excluding hydrogens is 292 g/mol. The van der Waals surface area contributed by atoms with E-state index in [1.165, 1.54) is 0 Å². The molecule has 2 rings (SSSR count). The molecule has 1 aromatic rings. The molecule has 1 aliphatic heterocycles. The summed E-state index contributed by atoms with van der Waals surface area (Å²) in [5, 5.41) is 12.4. The van der Waals surface area contributed by atoms with Gasteiger partial charge in [0.05, 0.1) is 5.92 Å². The van der Waals surface area contributed by atoms with Crippen LogP contribution in [0.25, 0.3) is 0 Å². The van der Waals surface area contributed by atoms with Crippen LogP contribution in [0, 0.1) is 5.92 Å². The standard InChI is InChI=1S/C15H19ClN2O3/c16-13-4-2-1-3-11(13)9-17-14(19)6-8-18-7-5-12(10-18)15(20)21/h1-4,12H,5-10H2,(H,17,19)(H,20,21). The second-order valence-electron chi connectivity index (χ2n) is 5.24. The number of carbonyl (C=O) groups is 2. The molecule has 1 amide bonds. The van der Waals surface area contributed by atoms with Crippen molar-refractivity contribution >= 4 is 23.5 Å². The van der Waals surface area contributed by atoms with Crippen molar-refractivity contribution in [3.8, 4) is 0 Å². The van der Waals surface area contributed by atoms with Crippen LogP contribution in [0.3, 0.4) is 0 Å². The largest absolute Gasteiger partial charge is 0.481 e. The highest BCUT2D eigenvalue weighted by atomic mass is 35.5. The fourth-order valence-electron chi connectivity index (χ4n) is 2.42. The molecule has 1 aromatic carbocycles. The molecule has 0 spiro atoms. The van der Waals surface area contributed by atoms with Gasteiger partial charge in [-0.2, -0.15) is 0 Å². The first-order valence-corrected chi connectivity index (χ1v) is 7.39. The molecular formula is C15H19ClN2O3. The van der Waals surface area contributed by atoms with E-state index in [-0.39, 0.29) is 11.8 Å². The van der Waals surface area contributed by atoms with Gasteiger partial charge in [0.25, 0.3) is 0 Å². The number of hydrogen-bond donors (Lipinski definition) is 2. The Balaban J connectivity index is 1.69. The van der Waals surface area contributed by atoms with Crippen molar-refractivity contribution in [3.63, 3.8) is 0 Å². The van der Waals surface area contributed by atoms with Crippen LogP contribution < -0.4 is 5.32 Å². The zero-order valence-electron chi connectivity index (χ0n) is 11.7. The SMILES string of the molecule is O=C(CCN1CCC(C(=O)O)C1)NCc1ccccc1Cl. The number of nitrogens with zero attached hydrogens (tertiary/aromatic N) is 1. The van der Waals surface area contributed by atoms with Gasteiger partial charge in [-0.1, -0.05) is 29.8 Å². The summed E-state index contributed by atoms with van der Waals surface area (Å²) in [5.74, 6) is -1.09. The van der Waals surface area contributed by atoms with Gasteiger partial charge in [-0.3, -0.25) is 9.59 Å². The number of rotatable bonds is 6. The summed E-state index contributed by atoms with van der Waals surface area (Å²) >= 11 is 6.02. The van der Waals surface area contributed by atoms with Gasteiger partial charge in [-0.05, 0) is 24.6 Å². The number of amides is 1. The number of carboxylic acid groups (broad SMARTS) is 1. The van der Waals surface area contributed by atoms with Gasteiger partial charge in [0.2, 0.25) is 5.91 Å². The van der Waals surface area contributed by atoms with Gasteiger partial charge in [-0.15, -0.1) is 0 Å². The quantitative estimate of drug-likeness (QED) is 0.840. The third kappa shape index (κ3) is 4.72. The molecule has 0 radical (unpaired) electrons. The second kappa shape index (κ2) is 7.43. The highest BCUT2D eigenvalue weighted by Crippen LogP contribution is 2.16. The van der Waals surface area contributed by atoms with Gasteiger partial charge in [0.1, 0.15) is 0 Å². The van der Waals surface area contributed by atoms with E-state index in [1.807, 2.05) is 23.1 Å². The number of aliphatic carboxylic acids is 1. The topological polar surface area (TPSA) is 69.6 Å². The first kappa shape index (κ1) is 15.8. The number of halogens is 1. The van der Waals surface area contributed by atoms with Gasteiger partial charge in [0.15, 0.2) is 0 Å². The van der Waals surface area contributed by atoms with E-state index in [9.17, 15) is 9.59 Å². The molecule has 0 aromatic heterocycles. The predicted molar refractivity (Wildman–Crippen MR) is 80.1 cm³/mol. The van der Waals surface area contributed by atoms with Gasteiger partial charge in [-0.25, -0.2) is 0 Å². The van der Waals surface area contributed by atoms with Crippen molar-refractivity contribution in [2.24, 2.45) is 5.92 Å². The fraction of sp³-hybridized carbons (Fsp3) is 0.467. The van der Waals surface area contributed by atoms with E-state index in [2.05, 4.69) is 5.32 Å². The minimum atomic E-state index is -0.749. The lowest BCUT2D eigenvalue weighted by molar-refractivity contribution is -0.141. The molecule has 2 N–H and O–H groups in total. The van der Waals surface area contributed by atoms with Crippen LogP contribution in [-0.2, 0) is 16.1 Å². The van der Waals surface area contributed by atoms with Crippen LogP contribution in [0.4, 0.5) is 0 Å². The Morgan fingerprint density at radius 1 is 1.38 bits per heavy atom. The first-order valence-electron chi connectivity index (χ1n) is 7.01. The summed E-state index contributed by atoms with van der Waals surface area (Å²) < 4.78 is 0. The Morgan fingerprint density at radius 3 is 2.81 bits per heavy atom. The molecule has 1 fully saturated rings. The lowest BCUT2D eigenvalue weighted by atomic mass is 10.1. The van der Waals surface area contributed by atoms with Crippen LogP contribution in [0.1, 0.15) is 18.4 Å². The summed E-state index contributed by atoms with van der Waals surface area (Å²) in [6, 6.07) is 7.39. The highest BCUT2D eigenvalue weighted by molar-refractivity contribution is 6.31. The van der Waals surface area contributed by atoms with Gasteiger partial charge >= 0.3 is 5.97 Å². The lowest BCUT2D eigenvalue weighted by Gasteiger charge is -2.14. The molecule has 0 aliphatic carbocycles. The minimum absolute atomic E-state index is 0.0475. The Morgan fingerprint density at radius 2 is 2.14 bits per heavy atom. The van der Waals surface area contributed by atoms with E-state index in [0.29, 0.717) is 37.5 Å². The van der Waals surface area contributed by atoms with Gasteiger partial charge < -0.3 is 15.3 Å². The summed E-state index contributed by atoms with van der Waals surface area (Å²) in [7, 11) is 0. The maximum Gasteiger partial charge on any atom is 0.307 e. The molecule has 5 nitrogen and oxygen atoms in total. The molecule has 21 heavy (non-hydrogen) atoms. The number of carbonyl (C=O) groups excluding carboxylic acids is 1. The van der Waals surface area contributed by atoms with E-state index in [0.717, 1.165) is 12.1 Å². The Bertz CT molecular complexity index is 521. The smallest absolute Gasteiger partial charge is 0.307 e. The third-order valence-electron chi connectivity index (χ3n) is 3.71. The molecule has 1 heterocycles. The summed E-state index contributed by atoms with van der Waals surface area (Å²) in [4.78, 5) is 24.7. The number of carboxylic acids is 1. The maximum absolute atomic E-state index is 11.8. The van der Waals surface area contributed by atoms with E-state index in [4.69, 9.17) is 16.7 Å². The zero-order chi connectivity index (χ0) is 15.2. The second-order valence-corrected chi connectivity index (χ2v) is 5.65. The monoisotopic (exact) mass is 310 g/mol. The van der Waals surface area contributed by atoms with E-state index >= 15 is 0 Å². The zero-order valence-corrected chi connectivity index (χ0v) is 12.5. The number of likely N-dealkylation sites (tertiary alicyclic amines) is 1. The fourth-order valence-corrected chi connectivity index (χ4v) is 2.62. The Labute approximate surface area is 128 Å². The summed E-state index contributed by atoms with van der Waals surface area (Å²) in [5.41, 5.74) is 0.889. The minimum Gasteiger partial charge on any atom is -0.481 e. The van der Waals surface area contributed by atoms with Crippen molar-refractivity contribution < 1.29 is 14.7 Å². The van der Waals surface area contributed by atoms with Crippen LogP contribution in [0.15, 0.2) is 24.3 Å². The molecule has 6 heteroatoms. The van der Waals surface area contributed by atoms with E-state index < -0.39 is 5.97 Å². The lowest BCUT2D eigenvalue weighted by Crippen LogP contribution is -2.30. The van der Waals surface area contributed by atoms with Gasteiger partial charge in [0, 0.05) is 31.1 Å². The van der Waals surface area contributed by atoms with E-state index in [1.54, 1.807) is 6.07 Å². The van der Waals surface area contributed by atoms with Crippen LogP contribution >= 0.6 is 11.6 Å². The maximum atomic E-state index is 11.8. The first-order chi connectivity index (χ1) is 10.1.